The van der Waals surface area contributed by atoms with E-state index in [1.165, 1.54) is 35.2 Å². The first-order valence-electron chi connectivity index (χ1n) is 7.70. The summed E-state index contributed by atoms with van der Waals surface area (Å²) >= 11 is 1.12. The van der Waals surface area contributed by atoms with Gasteiger partial charge in [-0.05, 0) is 36.4 Å². The minimum absolute atomic E-state index is 0.0275. The van der Waals surface area contributed by atoms with E-state index >= 15 is 0 Å². The predicted octanol–water partition coefficient (Wildman–Crippen LogP) is 2.26. The molecule has 1 aromatic carbocycles. The molecule has 2 aromatic heterocycles. The van der Waals surface area contributed by atoms with Gasteiger partial charge in [-0.1, -0.05) is 11.8 Å². The van der Waals surface area contributed by atoms with Crippen LogP contribution < -0.4 is 15.9 Å². The molecular formula is C16H15F2N5O3S. The molecule has 0 atom stereocenters. The summed E-state index contributed by atoms with van der Waals surface area (Å²) in [6.07, 6.45) is 1.53. The lowest BCUT2D eigenvalue weighted by Crippen LogP contribution is -2.24. The highest BCUT2D eigenvalue weighted by Gasteiger charge is 2.14. The molecule has 1 amide bonds. The Balaban J connectivity index is 1.57. The van der Waals surface area contributed by atoms with Gasteiger partial charge in [0.05, 0.1) is 18.6 Å². The molecule has 0 aliphatic heterocycles. The molecule has 0 unspecified atom stereocenters. The van der Waals surface area contributed by atoms with Crippen molar-refractivity contribution in [3.63, 3.8) is 0 Å². The van der Waals surface area contributed by atoms with Gasteiger partial charge >= 0.3 is 6.61 Å². The van der Waals surface area contributed by atoms with E-state index in [1.807, 2.05) is 0 Å². The van der Waals surface area contributed by atoms with Gasteiger partial charge in [0, 0.05) is 5.56 Å². The van der Waals surface area contributed by atoms with Gasteiger partial charge in [0.1, 0.15) is 11.5 Å². The lowest BCUT2D eigenvalue weighted by Gasteiger charge is -2.06. The zero-order valence-electron chi connectivity index (χ0n) is 13.8. The van der Waals surface area contributed by atoms with Crippen molar-refractivity contribution in [2.24, 2.45) is 0 Å². The quantitative estimate of drug-likeness (QED) is 0.445. The maximum Gasteiger partial charge on any atom is 0.387 e. The van der Waals surface area contributed by atoms with Gasteiger partial charge in [0.15, 0.2) is 5.82 Å². The normalized spacial score (nSPS) is 10.9. The summed E-state index contributed by atoms with van der Waals surface area (Å²) in [4.78, 5) is 11.9. The van der Waals surface area contributed by atoms with Crippen LogP contribution in [0.1, 0.15) is 5.76 Å². The molecule has 0 bridgehead atoms. The second-order valence-corrected chi connectivity index (χ2v) is 6.17. The van der Waals surface area contributed by atoms with Crippen LogP contribution in [-0.2, 0) is 11.3 Å². The third-order valence-corrected chi connectivity index (χ3v) is 4.32. The first-order chi connectivity index (χ1) is 13.0. The summed E-state index contributed by atoms with van der Waals surface area (Å²) in [5.74, 6) is 6.85. The maximum atomic E-state index is 12.2. The van der Waals surface area contributed by atoms with E-state index in [2.05, 4.69) is 20.3 Å². The summed E-state index contributed by atoms with van der Waals surface area (Å²) in [6.45, 7) is -2.60. The highest BCUT2D eigenvalue weighted by atomic mass is 32.2. The second kappa shape index (κ2) is 8.54. The molecule has 0 radical (unpaired) electrons. The summed E-state index contributed by atoms with van der Waals surface area (Å²) < 4.78 is 35.0. The molecule has 3 rings (SSSR count). The van der Waals surface area contributed by atoms with Crippen LogP contribution in [0.4, 0.5) is 8.78 Å². The molecule has 11 heteroatoms. The van der Waals surface area contributed by atoms with Gasteiger partial charge in [-0.25, -0.2) is 4.68 Å². The number of hydrogen-bond donors (Lipinski definition) is 2. The number of nitrogens with one attached hydrogen (secondary N) is 1. The number of carbonyl (C=O) groups is 1. The lowest BCUT2D eigenvalue weighted by atomic mass is 10.2. The molecule has 0 saturated heterocycles. The van der Waals surface area contributed by atoms with E-state index in [1.54, 1.807) is 12.1 Å². The Morgan fingerprint density at radius 1 is 1.30 bits per heavy atom. The van der Waals surface area contributed by atoms with Crippen molar-refractivity contribution >= 4 is 17.7 Å². The van der Waals surface area contributed by atoms with Gasteiger partial charge in [0.2, 0.25) is 11.1 Å². The van der Waals surface area contributed by atoms with E-state index in [0.717, 1.165) is 11.8 Å². The Morgan fingerprint density at radius 3 is 2.74 bits per heavy atom. The molecule has 0 spiro atoms. The monoisotopic (exact) mass is 395 g/mol. The Labute approximate surface area is 156 Å². The molecule has 0 fully saturated rings. The minimum Gasteiger partial charge on any atom is -0.467 e. The van der Waals surface area contributed by atoms with Gasteiger partial charge in [-0.2, -0.15) is 8.78 Å². The largest absolute Gasteiger partial charge is 0.467 e. The van der Waals surface area contributed by atoms with Crippen LogP contribution in [0.25, 0.3) is 11.4 Å². The average molecular weight is 395 g/mol. The van der Waals surface area contributed by atoms with Crippen LogP contribution in [0.2, 0.25) is 0 Å². The van der Waals surface area contributed by atoms with Crippen LogP contribution in [-0.4, -0.2) is 33.1 Å². The number of alkyl halides is 2. The van der Waals surface area contributed by atoms with E-state index in [9.17, 15) is 13.6 Å². The fraction of sp³-hybridized carbons (Fsp3) is 0.188. The van der Waals surface area contributed by atoms with Crippen molar-refractivity contribution in [3.8, 4) is 17.1 Å². The van der Waals surface area contributed by atoms with E-state index in [4.69, 9.17) is 10.3 Å². The highest BCUT2D eigenvalue weighted by Crippen LogP contribution is 2.24. The number of halogens is 2. The number of nitrogens with two attached hydrogens (primary N) is 1. The van der Waals surface area contributed by atoms with Crippen LogP contribution in [0.15, 0.2) is 52.2 Å². The number of furan rings is 1. The Hall–Kier alpha value is -3.08. The second-order valence-electron chi connectivity index (χ2n) is 5.22. The third-order valence-electron chi connectivity index (χ3n) is 3.37. The van der Waals surface area contributed by atoms with Crippen molar-refractivity contribution in [1.82, 2.24) is 20.2 Å². The number of thioether (sulfide) groups is 1. The first kappa shape index (κ1) is 18.7. The van der Waals surface area contributed by atoms with E-state index < -0.39 is 6.61 Å². The standard InChI is InChI=1S/C16H15F2N5O3S/c17-15(18)26-11-5-3-10(4-6-11)14-21-22-16(23(14)19)27-9-13(24)20-8-12-2-1-7-25-12/h1-7,15H,8-9,19H2,(H,20,24). The summed E-state index contributed by atoms with van der Waals surface area (Å²) in [7, 11) is 0. The van der Waals surface area contributed by atoms with Crippen LogP contribution in [0.5, 0.6) is 5.75 Å². The maximum absolute atomic E-state index is 12.2. The number of carbonyl (C=O) groups excluding carboxylic acids is 1. The third kappa shape index (κ3) is 4.97. The van der Waals surface area contributed by atoms with Gasteiger partial charge in [0.25, 0.3) is 0 Å². The smallest absolute Gasteiger partial charge is 0.387 e. The number of amides is 1. The van der Waals surface area contributed by atoms with E-state index in [0.29, 0.717) is 28.8 Å². The Bertz CT molecular complexity index is 884. The molecule has 8 nitrogen and oxygen atoms in total. The molecule has 3 aromatic rings. The predicted molar refractivity (Wildman–Crippen MR) is 93.5 cm³/mol. The van der Waals surface area contributed by atoms with Crippen LogP contribution in [0, 0.1) is 0 Å². The summed E-state index contributed by atoms with van der Waals surface area (Å²) in [6, 6.07) is 9.33. The van der Waals surface area contributed by atoms with Crippen molar-refractivity contribution in [1.29, 1.82) is 0 Å². The molecule has 2 heterocycles. The van der Waals surface area contributed by atoms with Crippen molar-refractivity contribution in [2.45, 2.75) is 18.3 Å². The molecular weight excluding hydrogens is 380 g/mol. The minimum atomic E-state index is -2.89. The average Bonchev–Trinajstić information content (AvgIpc) is 3.28. The number of aromatic nitrogens is 3. The van der Waals surface area contributed by atoms with E-state index in [-0.39, 0.29) is 17.4 Å². The van der Waals surface area contributed by atoms with Crippen molar-refractivity contribution in [3.05, 3.63) is 48.4 Å². The zero-order chi connectivity index (χ0) is 19.2. The fourth-order valence-corrected chi connectivity index (χ4v) is 2.82. The number of benzene rings is 1. The summed E-state index contributed by atoms with van der Waals surface area (Å²) in [5, 5.41) is 11.0. The number of hydrogen-bond acceptors (Lipinski definition) is 7. The first-order valence-corrected chi connectivity index (χ1v) is 8.69. The highest BCUT2D eigenvalue weighted by molar-refractivity contribution is 7.99. The summed E-state index contributed by atoms with van der Waals surface area (Å²) in [5.41, 5.74) is 0.570. The number of nitrogen functional groups attached to an aromatic ring is 1. The molecule has 142 valence electrons. The molecule has 27 heavy (non-hydrogen) atoms. The van der Waals surface area contributed by atoms with Crippen LogP contribution >= 0.6 is 11.8 Å². The number of ether oxygens (including phenoxy) is 1. The fourth-order valence-electron chi connectivity index (χ4n) is 2.14. The van der Waals surface area contributed by atoms with Gasteiger partial charge < -0.3 is 20.3 Å². The van der Waals surface area contributed by atoms with Gasteiger partial charge in [-0.15, -0.1) is 10.2 Å². The van der Waals surface area contributed by atoms with Crippen molar-refractivity contribution < 1.29 is 22.7 Å². The van der Waals surface area contributed by atoms with Gasteiger partial charge in [-0.3, -0.25) is 4.79 Å². The van der Waals surface area contributed by atoms with Crippen molar-refractivity contribution in [2.75, 3.05) is 11.6 Å². The zero-order valence-corrected chi connectivity index (χ0v) is 14.7. The number of nitrogens with zero attached hydrogens (tertiary/aromatic N) is 3. The van der Waals surface area contributed by atoms with Crippen LogP contribution in [0.3, 0.4) is 0 Å². The number of rotatable bonds is 8. The molecule has 0 aliphatic rings. The molecule has 0 saturated carbocycles. The molecule has 0 aliphatic carbocycles. The Morgan fingerprint density at radius 2 is 2.07 bits per heavy atom. The molecule has 3 N–H and O–H groups in total. The Kier molecular flexibility index (Phi) is 5.91. The topological polar surface area (TPSA) is 108 Å². The lowest BCUT2D eigenvalue weighted by molar-refractivity contribution is -0.118. The SMILES string of the molecule is Nn1c(SCC(=O)NCc2ccco2)nnc1-c1ccc(OC(F)F)cc1.